The second-order valence-electron chi connectivity index (χ2n) is 6.72. The Balaban J connectivity index is 1.36. The predicted molar refractivity (Wildman–Crippen MR) is 81.5 cm³/mol. The average Bonchev–Trinajstić information content (AvgIpc) is 3.16. The highest BCUT2D eigenvalue weighted by molar-refractivity contribution is 5.34. The topological polar surface area (TPSA) is 41.5 Å². The highest BCUT2D eigenvalue weighted by Gasteiger charge is 2.48. The third kappa shape index (κ3) is 3.04. The summed E-state index contributed by atoms with van der Waals surface area (Å²) in [5.41, 5.74) is 1.80. The monoisotopic (exact) mass is 288 g/mol. The van der Waals surface area contributed by atoms with Gasteiger partial charge in [0.25, 0.3) is 0 Å². The lowest BCUT2D eigenvalue weighted by molar-refractivity contribution is 0.0383. The van der Waals surface area contributed by atoms with E-state index in [2.05, 4.69) is 20.9 Å². The molecule has 5 nitrogen and oxygen atoms in total. The number of morpholine rings is 1. The van der Waals surface area contributed by atoms with Gasteiger partial charge in [-0.3, -0.25) is 4.90 Å². The van der Waals surface area contributed by atoms with E-state index in [-0.39, 0.29) is 0 Å². The van der Waals surface area contributed by atoms with Crippen molar-refractivity contribution < 1.29 is 4.74 Å². The van der Waals surface area contributed by atoms with E-state index in [0.717, 1.165) is 51.8 Å². The van der Waals surface area contributed by atoms with Crippen LogP contribution in [0.15, 0.2) is 12.3 Å². The van der Waals surface area contributed by atoms with Crippen LogP contribution in [0.2, 0.25) is 0 Å². The first kappa shape index (κ1) is 13.5. The number of aromatic nitrogens is 2. The molecule has 1 aromatic heterocycles. The molecule has 1 spiro atoms. The maximum atomic E-state index is 5.39. The molecule has 0 amide bonds. The Bertz CT molecular complexity index is 497. The van der Waals surface area contributed by atoms with Gasteiger partial charge in [-0.2, -0.15) is 0 Å². The molecule has 0 unspecified atom stereocenters. The third-order valence-electron chi connectivity index (χ3n) is 5.17. The Kier molecular flexibility index (Phi) is 3.55. The quantitative estimate of drug-likeness (QED) is 0.836. The Morgan fingerprint density at radius 3 is 2.76 bits per heavy atom. The summed E-state index contributed by atoms with van der Waals surface area (Å²) in [4.78, 5) is 14.1. The van der Waals surface area contributed by atoms with Gasteiger partial charge in [0.1, 0.15) is 0 Å². The molecular weight excluding hydrogens is 264 g/mol. The zero-order valence-corrected chi connectivity index (χ0v) is 12.6. The average molecular weight is 288 g/mol. The van der Waals surface area contributed by atoms with Crippen molar-refractivity contribution in [1.29, 1.82) is 0 Å². The minimum atomic E-state index is 0.632. The molecule has 1 saturated carbocycles. The van der Waals surface area contributed by atoms with E-state index in [1.54, 1.807) is 0 Å². The Labute approximate surface area is 126 Å². The largest absolute Gasteiger partial charge is 0.379 e. The van der Waals surface area contributed by atoms with Crippen LogP contribution in [0.4, 0.5) is 5.95 Å². The Hall–Kier alpha value is -1.20. The van der Waals surface area contributed by atoms with Crippen LogP contribution in [0.3, 0.4) is 0 Å². The first-order valence-electron chi connectivity index (χ1n) is 8.20. The molecule has 3 heterocycles. The van der Waals surface area contributed by atoms with Crippen LogP contribution in [0, 0.1) is 5.41 Å². The molecule has 1 aromatic rings. The standard InChI is InChI=1S/C16H24N4O/c1-6-17-15(20-8-5-16(13-20)3-4-16)18-14(1)2-7-19-9-11-21-12-10-19/h1,6H,2-5,7-13H2. The second-order valence-corrected chi connectivity index (χ2v) is 6.72. The van der Waals surface area contributed by atoms with E-state index >= 15 is 0 Å². The molecular formula is C16H24N4O. The molecule has 2 saturated heterocycles. The normalized spacial score (nSPS) is 24.7. The van der Waals surface area contributed by atoms with Crippen molar-refractivity contribution >= 4 is 5.95 Å². The molecule has 0 N–H and O–H groups in total. The van der Waals surface area contributed by atoms with Crippen molar-refractivity contribution in [1.82, 2.24) is 14.9 Å². The fraction of sp³-hybridized carbons (Fsp3) is 0.750. The third-order valence-corrected chi connectivity index (χ3v) is 5.17. The summed E-state index contributed by atoms with van der Waals surface area (Å²) in [6.07, 6.45) is 7.07. The fourth-order valence-corrected chi connectivity index (χ4v) is 3.46. The van der Waals surface area contributed by atoms with Crippen LogP contribution in [-0.4, -0.2) is 60.8 Å². The maximum Gasteiger partial charge on any atom is 0.225 e. The lowest BCUT2D eigenvalue weighted by atomic mass is 10.1. The molecule has 2 aliphatic heterocycles. The zero-order chi connectivity index (χ0) is 14.1. The predicted octanol–water partition coefficient (Wildman–Crippen LogP) is 1.34. The number of hydrogen-bond donors (Lipinski definition) is 0. The summed E-state index contributed by atoms with van der Waals surface area (Å²) in [7, 11) is 0. The zero-order valence-electron chi connectivity index (χ0n) is 12.6. The molecule has 0 bridgehead atoms. The molecule has 0 atom stereocenters. The summed E-state index contributed by atoms with van der Waals surface area (Å²) in [6, 6.07) is 2.06. The molecule has 114 valence electrons. The van der Waals surface area contributed by atoms with Gasteiger partial charge < -0.3 is 9.64 Å². The summed E-state index contributed by atoms with van der Waals surface area (Å²) in [6.45, 7) is 7.20. The van der Waals surface area contributed by atoms with Crippen molar-refractivity contribution in [2.24, 2.45) is 5.41 Å². The van der Waals surface area contributed by atoms with Gasteiger partial charge >= 0.3 is 0 Å². The summed E-state index contributed by atoms with van der Waals surface area (Å²) in [5.74, 6) is 0.943. The van der Waals surface area contributed by atoms with E-state index < -0.39 is 0 Å². The molecule has 21 heavy (non-hydrogen) atoms. The van der Waals surface area contributed by atoms with Crippen molar-refractivity contribution in [2.75, 3.05) is 50.8 Å². The van der Waals surface area contributed by atoms with Crippen molar-refractivity contribution in [2.45, 2.75) is 25.7 Å². The van der Waals surface area contributed by atoms with Crippen LogP contribution < -0.4 is 4.90 Å². The SMILES string of the molecule is c1cc(CCN2CCOCC2)nc(N2CCC3(CC3)C2)n1. The second kappa shape index (κ2) is 5.54. The van der Waals surface area contributed by atoms with E-state index in [1.807, 2.05) is 6.20 Å². The Morgan fingerprint density at radius 2 is 2.00 bits per heavy atom. The maximum absolute atomic E-state index is 5.39. The van der Waals surface area contributed by atoms with Crippen LogP contribution >= 0.6 is 0 Å². The van der Waals surface area contributed by atoms with E-state index in [0.29, 0.717) is 5.41 Å². The summed E-state index contributed by atoms with van der Waals surface area (Å²) in [5, 5.41) is 0. The van der Waals surface area contributed by atoms with Gasteiger partial charge in [0.15, 0.2) is 0 Å². The molecule has 0 radical (unpaired) electrons. The van der Waals surface area contributed by atoms with Crippen LogP contribution in [0.25, 0.3) is 0 Å². The molecule has 3 aliphatic rings. The van der Waals surface area contributed by atoms with Crippen LogP contribution in [-0.2, 0) is 11.2 Å². The van der Waals surface area contributed by atoms with E-state index in [4.69, 9.17) is 9.72 Å². The summed E-state index contributed by atoms with van der Waals surface area (Å²) < 4.78 is 5.39. The molecule has 1 aliphatic carbocycles. The number of nitrogens with zero attached hydrogens (tertiary/aromatic N) is 4. The Morgan fingerprint density at radius 1 is 1.14 bits per heavy atom. The molecule has 5 heteroatoms. The van der Waals surface area contributed by atoms with Gasteiger partial charge in [0, 0.05) is 51.0 Å². The van der Waals surface area contributed by atoms with Crippen molar-refractivity contribution in [3.05, 3.63) is 18.0 Å². The number of hydrogen-bond acceptors (Lipinski definition) is 5. The number of rotatable bonds is 4. The minimum Gasteiger partial charge on any atom is -0.379 e. The highest BCUT2D eigenvalue weighted by atomic mass is 16.5. The smallest absolute Gasteiger partial charge is 0.225 e. The van der Waals surface area contributed by atoms with Crippen LogP contribution in [0.1, 0.15) is 25.0 Å². The lowest BCUT2D eigenvalue weighted by Gasteiger charge is -2.26. The highest BCUT2D eigenvalue weighted by Crippen LogP contribution is 2.52. The van der Waals surface area contributed by atoms with Gasteiger partial charge in [0.2, 0.25) is 5.95 Å². The minimum absolute atomic E-state index is 0.632. The van der Waals surface area contributed by atoms with Gasteiger partial charge in [0.05, 0.1) is 13.2 Å². The first-order valence-corrected chi connectivity index (χ1v) is 8.20. The van der Waals surface area contributed by atoms with Gasteiger partial charge in [-0.25, -0.2) is 9.97 Å². The van der Waals surface area contributed by atoms with E-state index in [9.17, 15) is 0 Å². The van der Waals surface area contributed by atoms with Gasteiger partial charge in [-0.1, -0.05) is 0 Å². The number of ether oxygens (including phenoxy) is 1. The van der Waals surface area contributed by atoms with Crippen molar-refractivity contribution in [3.8, 4) is 0 Å². The van der Waals surface area contributed by atoms with Gasteiger partial charge in [-0.15, -0.1) is 0 Å². The van der Waals surface area contributed by atoms with Crippen LogP contribution in [0.5, 0.6) is 0 Å². The summed E-state index contributed by atoms with van der Waals surface area (Å²) >= 11 is 0. The number of anilines is 1. The first-order chi connectivity index (χ1) is 10.3. The lowest BCUT2D eigenvalue weighted by Crippen LogP contribution is -2.37. The molecule has 4 rings (SSSR count). The van der Waals surface area contributed by atoms with E-state index in [1.165, 1.54) is 31.5 Å². The molecule has 0 aromatic carbocycles. The molecule has 3 fully saturated rings. The van der Waals surface area contributed by atoms with Gasteiger partial charge in [-0.05, 0) is 30.7 Å². The van der Waals surface area contributed by atoms with Crippen molar-refractivity contribution in [3.63, 3.8) is 0 Å². The fourth-order valence-electron chi connectivity index (χ4n) is 3.46.